The third-order valence-corrected chi connectivity index (χ3v) is 1.95. The van der Waals surface area contributed by atoms with Crippen LogP contribution in [0.1, 0.15) is 12.8 Å². The van der Waals surface area contributed by atoms with Crippen LogP contribution in [-0.2, 0) is 9.53 Å². The maximum Gasteiger partial charge on any atom is 0.307 e. The van der Waals surface area contributed by atoms with E-state index in [2.05, 4.69) is 5.32 Å². The molecule has 0 amide bonds. The smallest absolute Gasteiger partial charge is 0.307 e. The topological polar surface area (TPSA) is 38.3 Å². The van der Waals surface area contributed by atoms with E-state index < -0.39 is 0 Å². The fourth-order valence-corrected chi connectivity index (χ4v) is 1.48. The first-order valence-electron chi connectivity index (χ1n) is 3.29. The molecule has 10 heavy (non-hydrogen) atoms. The van der Waals surface area contributed by atoms with Crippen LogP contribution < -0.4 is 5.32 Å². The van der Waals surface area contributed by atoms with E-state index in [1.54, 1.807) is 0 Å². The fourth-order valence-electron chi connectivity index (χ4n) is 1.48. The molecule has 2 aliphatic rings. The predicted molar refractivity (Wildman–Crippen MR) is 38.2 cm³/mol. The molecule has 2 atom stereocenters. The van der Waals surface area contributed by atoms with Gasteiger partial charge in [0.15, 0.2) is 0 Å². The van der Waals surface area contributed by atoms with E-state index in [0.29, 0.717) is 12.5 Å². The maximum absolute atomic E-state index is 10.6. The molecule has 2 saturated heterocycles. The molecule has 2 heterocycles. The number of carbonyl (C=O) groups excluding carboxylic acids is 1. The molecule has 0 radical (unpaired) electrons. The third kappa shape index (κ3) is 1.11. The molecule has 1 N–H and O–H groups in total. The number of rotatable bonds is 0. The van der Waals surface area contributed by atoms with Crippen molar-refractivity contribution in [3.05, 3.63) is 0 Å². The highest BCUT2D eigenvalue weighted by atomic mass is 35.5. The quantitative estimate of drug-likeness (QED) is 0.515. The van der Waals surface area contributed by atoms with Gasteiger partial charge in [-0.3, -0.25) is 4.79 Å². The number of esters is 1. The second-order valence-electron chi connectivity index (χ2n) is 2.58. The summed E-state index contributed by atoms with van der Waals surface area (Å²) in [4.78, 5) is 10.6. The minimum absolute atomic E-state index is 0. The first-order chi connectivity index (χ1) is 4.36. The standard InChI is InChI=1S/C6H9NO2.ClH/c8-6-3-4-5(9-6)1-2-7-4;/h4-5,7H,1-3H2;1H/t4-,5-;/m1./s1. The summed E-state index contributed by atoms with van der Waals surface area (Å²) in [6.07, 6.45) is 1.76. The van der Waals surface area contributed by atoms with Gasteiger partial charge in [-0.05, 0) is 13.0 Å². The van der Waals surface area contributed by atoms with Crippen molar-refractivity contribution in [2.24, 2.45) is 0 Å². The largest absolute Gasteiger partial charge is 0.461 e. The lowest BCUT2D eigenvalue weighted by Gasteiger charge is -2.03. The van der Waals surface area contributed by atoms with Gasteiger partial charge in [0.1, 0.15) is 6.10 Å². The first kappa shape index (κ1) is 7.82. The van der Waals surface area contributed by atoms with E-state index in [9.17, 15) is 4.79 Å². The molecule has 3 nitrogen and oxygen atoms in total. The molecule has 0 aromatic carbocycles. The van der Waals surface area contributed by atoms with Crippen molar-refractivity contribution >= 4 is 18.4 Å². The Morgan fingerprint density at radius 2 is 2.40 bits per heavy atom. The van der Waals surface area contributed by atoms with E-state index in [4.69, 9.17) is 4.74 Å². The fraction of sp³-hybridized carbons (Fsp3) is 0.833. The van der Waals surface area contributed by atoms with Crippen LogP contribution in [0, 0.1) is 0 Å². The van der Waals surface area contributed by atoms with Crippen molar-refractivity contribution in [2.45, 2.75) is 25.0 Å². The average Bonchev–Trinajstić information content (AvgIpc) is 2.22. The summed E-state index contributed by atoms with van der Waals surface area (Å²) < 4.78 is 4.98. The van der Waals surface area contributed by atoms with Gasteiger partial charge in [0.25, 0.3) is 0 Å². The zero-order valence-corrected chi connectivity index (χ0v) is 6.32. The molecule has 4 heteroatoms. The van der Waals surface area contributed by atoms with Crippen molar-refractivity contribution in [3.63, 3.8) is 0 Å². The molecule has 0 spiro atoms. The van der Waals surface area contributed by atoms with Crippen molar-refractivity contribution in [2.75, 3.05) is 6.54 Å². The van der Waals surface area contributed by atoms with Crippen LogP contribution in [0.25, 0.3) is 0 Å². The van der Waals surface area contributed by atoms with Crippen LogP contribution in [0.2, 0.25) is 0 Å². The summed E-state index contributed by atoms with van der Waals surface area (Å²) in [7, 11) is 0. The predicted octanol–water partition coefficient (Wildman–Crippen LogP) is 0.0856. The van der Waals surface area contributed by atoms with Crippen molar-refractivity contribution < 1.29 is 9.53 Å². The Kier molecular flexibility index (Phi) is 2.16. The third-order valence-electron chi connectivity index (χ3n) is 1.95. The van der Waals surface area contributed by atoms with Gasteiger partial charge >= 0.3 is 5.97 Å². The van der Waals surface area contributed by atoms with Crippen LogP contribution in [0.4, 0.5) is 0 Å². The van der Waals surface area contributed by atoms with E-state index in [0.717, 1.165) is 13.0 Å². The van der Waals surface area contributed by atoms with Crippen molar-refractivity contribution in [1.82, 2.24) is 5.32 Å². The van der Waals surface area contributed by atoms with Gasteiger partial charge < -0.3 is 10.1 Å². The van der Waals surface area contributed by atoms with Gasteiger partial charge in [-0.25, -0.2) is 0 Å². The summed E-state index contributed by atoms with van der Waals surface area (Å²) in [5.74, 6) is -0.0443. The molecule has 2 aliphatic heterocycles. The molecule has 0 bridgehead atoms. The van der Waals surface area contributed by atoms with E-state index in [1.807, 2.05) is 0 Å². The van der Waals surface area contributed by atoms with Gasteiger partial charge in [-0.2, -0.15) is 0 Å². The number of halogens is 1. The highest BCUT2D eigenvalue weighted by Gasteiger charge is 2.37. The van der Waals surface area contributed by atoms with Crippen molar-refractivity contribution in [3.8, 4) is 0 Å². The Morgan fingerprint density at radius 3 is 3.10 bits per heavy atom. The van der Waals surface area contributed by atoms with E-state index >= 15 is 0 Å². The highest BCUT2D eigenvalue weighted by Crippen LogP contribution is 2.21. The number of hydrogen-bond donors (Lipinski definition) is 1. The Balaban J connectivity index is 0.000000500. The molecule has 58 valence electrons. The Bertz CT molecular complexity index is 137. The lowest BCUT2D eigenvalue weighted by Crippen LogP contribution is -2.25. The number of ether oxygens (including phenoxy) is 1. The number of nitrogens with one attached hydrogen (secondary N) is 1. The number of fused-ring (bicyclic) bond motifs is 1. The number of carbonyl (C=O) groups is 1. The molecule has 0 aromatic rings. The second-order valence-corrected chi connectivity index (χ2v) is 2.58. The molecule has 2 fully saturated rings. The first-order valence-corrected chi connectivity index (χ1v) is 3.29. The zero-order chi connectivity index (χ0) is 6.27. The maximum atomic E-state index is 10.6. The van der Waals surface area contributed by atoms with Gasteiger partial charge in [0, 0.05) is 0 Å². The van der Waals surface area contributed by atoms with Crippen LogP contribution in [0.5, 0.6) is 0 Å². The average molecular weight is 164 g/mol. The highest BCUT2D eigenvalue weighted by molar-refractivity contribution is 5.85. The lowest BCUT2D eigenvalue weighted by molar-refractivity contribution is -0.141. The summed E-state index contributed by atoms with van der Waals surface area (Å²) >= 11 is 0. The van der Waals surface area contributed by atoms with Crippen LogP contribution >= 0.6 is 12.4 Å². The summed E-state index contributed by atoms with van der Waals surface area (Å²) in [5.41, 5.74) is 0. The lowest BCUT2D eigenvalue weighted by atomic mass is 10.2. The van der Waals surface area contributed by atoms with Gasteiger partial charge in [0.05, 0.1) is 12.5 Å². The molecule has 0 aromatic heterocycles. The molecule has 2 rings (SSSR count). The molecule has 0 saturated carbocycles. The monoisotopic (exact) mass is 163 g/mol. The molecular weight excluding hydrogens is 154 g/mol. The van der Waals surface area contributed by atoms with E-state index in [1.165, 1.54) is 0 Å². The van der Waals surface area contributed by atoms with Crippen molar-refractivity contribution in [1.29, 1.82) is 0 Å². The SMILES string of the molecule is Cl.O=C1C[C@H]2NCC[C@H]2O1. The van der Waals surface area contributed by atoms with Crippen LogP contribution in [0.15, 0.2) is 0 Å². The van der Waals surface area contributed by atoms with Gasteiger partial charge in [0.2, 0.25) is 0 Å². The summed E-state index contributed by atoms with van der Waals surface area (Å²) in [5, 5.41) is 3.20. The van der Waals surface area contributed by atoms with Gasteiger partial charge in [-0.1, -0.05) is 0 Å². The van der Waals surface area contributed by atoms with Crippen LogP contribution in [-0.4, -0.2) is 24.7 Å². The minimum atomic E-state index is -0.0443. The summed E-state index contributed by atoms with van der Waals surface area (Å²) in [6, 6.07) is 0.331. The normalized spacial score (nSPS) is 36.6. The molecule has 0 unspecified atom stereocenters. The molecule has 0 aliphatic carbocycles. The Morgan fingerprint density at radius 1 is 1.60 bits per heavy atom. The zero-order valence-electron chi connectivity index (χ0n) is 5.50. The molecular formula is C6H10ClNO2. The minimum Gasteiger partial charge on any atom is -0.461 e. The summed E-state index contributed by atoms with van der Waals surface area (Å²) in [6.45, 7) is 1.00. The number of hydrogen-bond acceptors (Lipinski definition) is 3. The Labute approximate surface area is 65.5 Å². The van der Waals surface area contributed by atoms with Crippen LogP contribution in [0.3, 0.4) is 0 Å². The van der Waals surface area contributed by atoms with Gasteiger partial charge in [-0.15, -0.1) is 12.4 Å². The second kappa shape index (κ2) is 2.76. The Hall–Kier alpha value is -0.280. The van der Waals surface area contributed by atoms with E-state index in [-0.39, 0.29) is 24.5 Å².